The van der Waals surface area contributed by atoms with Crippen LogP contribution in [0.4, 0.5) is 0 Å². The summed E-state index contributed by atoms with van der Waals surface area (Å²) in [7, 11) is 1.54. The molecule has 7 nitrogen and oxygen atoms in total. The second-order valence-corrected chi connectivity index (χ2v) is 5.57. The van der Waals surface area contributed by atoms with Gasteiger partial charge in [0.15, 0.2) is 0 Å². The van der Waals surface area contributed by atoms with E-state index in [1.54, 1.807) is 14.0 Å². The van der Waals surface area contributed by atoms with Gasteiger partial charge in [0.25, 0.3) is 17.0 Å². The van der Waals surface area contributed by atoms with E-state index in [1.165, 1.54) is 22.9 Å². The van der Waals surface area contributed by atoms with Gasteiger partial charge >= 0.3 is 0 Å². The Kier molecular flexibility index (Phi) is 5.70. The molecule has 0 radical (unpaired) electrons. The Hall–Kier alpha value is -2.67. The Morgan fingerprint density at radius 3 is 2.71 bits per heavy atom. The van der Waals surface area contributed by atoms with Crippen molar-refractivity contribution in [2.24, 2.45) is 0 Å². The number of aromatic amines is 1. The van der Waals surface area contributed by atoms with Crippen LogP contribution < -0.4 is 16.4 Å². The molecule has 0 aliphatic rings. The molecule has 0 saturated heterocycles. The van der Waals surface area contributed by atoms with Crippen molar-refractivity contribution >= 4 is 5.91 Å². The summed E-state index contributed by atoms with van der Waals surface area (Å²) in [4.78, 5) is 38.7. The Labute approximate surface area is 139 Å². The number of aryl methyl sites for hydroxylation is 2. The lowest BCUT2D eigenvalue weighted by Crippen LogP contribution is -2.29. The highest BCUT2D eigenvalue weighted by Gasteiger charge is 2.10. The number of methoxy groups -OCH3 is 1. The van der Waals surface area contributed by atoms with Crippen LogP contribution in [0.5, 0.6) is 0 Å². The average molecular weight is 331 g/mol. The molecule has 0 saturated carbocycles. The Morgan fingerprint density at radius 2 is 2.04 bits per heavy atom. The van der Waals surface area contributed by atoms with Gasteiger partial charge in [-0.2, -0.15) is 0 Å². The highest BCUT2D eigenvalue weighted by molar-refractivity contribution is 5.93. The lowest BCUT2D eigenvalue weighted by molar-refractivity contribution is 0.0949. The van der Waals surface area contributed by atoms with Gasteiger partial charge in [-0.05, 0) is 31.5 Å². The molecule has 0 aliphatic carbocycles. The average Bonchev–Trinajstić information content (AvgIpc) is 2.52. The molecule has 24 heavy (non-hydrogen) atoms. The van der Waals surface area contributed by atoms with Gasteiger partial charge in [-0.15, -0.1) is 0 Å². The van der Waals surface area contributed by atoms with Crippen LogP contribution in [0.25, 0.3) is 0 Å². The third-order valence-corrected chi connectivity index (χ3v) is 3.70. The summed E-state index contributed by atoms with van der Waals surface area (Å²) in [6.07, 6.45) is 1.49. The van der Waals surface area contributed by atoms with Gasteiger partial charge in [-0.3, -0.25) is 14.4 Å². The summed E-state index contributed by atoms with van der Waals surface area (Å²) in [5.74, 6) is -0.347. The van der Waals surface area contributed by atoms with Gasteiger partial charge in [0.2, 0.25) is 0 Å². The lowest BCUT2D eigenvalue weighted by Gasteiger charge is -2.10. The Bertz CT molecular complexity index is 852. The number of carbonyl (C=O) groups excluding carboxylic acids is 1. The first-order valence-electron chi connectivity index (χ1n) is 7.59. The van der Waals surface area contributed by atoms with E-state index in [2.05, 4.69) is 10.3 Å². The quantitative estimate of drug-likeness (QED) is 0.816. The molecule has 1 amide bonds. The molecule has 0 aliphatic heterocycles. The van der Waals surface area contributed by atoms with Crippen LogP contribution in [0.1, 0.15) is 27.2 Å². The number of nitrogens with one attached hydrogen (secondary N) is 2. The van der Waals surface area contributed by atoms with Gasteiger partial charge < -0.3 is 19.6 Å². The first-order chi connectivity index (χ1) is 11.4. The lowest BCUT2D eigenvalue weighted by atomic mass is 10.1. The van der Waals surface area contributed by atoms with Crippen LogP contribution in [-0.2, 0) is 17.8 Å². The maximum Gasteiger partial charge on any atom is 0.253 e. The second kappa shape index (κ2) is 7.74. The van der Waals surface area contributed by atoms with Crippen molar-refractivity contribution in [1.82, 2.24) is 14.9 Å². The normalized spacial score (nSPS) is 10.6. The number of hydrogen-bond donors (Lipinski definition) is 2. The molecule has 128 valence electrons. The number of pyridine rings is 2. The molecule has 2 N–H and O–H groups in total. The number of carbonyl (C=O) groups is 1. The van der Waals surface area contributed by atoms with E-state index in [0.29, 0.717) is 24.3 Å². The van der Waals surface area contributed by atoms with E-state index in [-0.39, 0.29) is 23.6 Å². The molecule has 0 bridgehead atoms. The van der Waals surface area contributed by atoms with Gasteiger partial charge in [0.05, 0.1) is 12.2 Å². The topological polar surface area (TPSA) is 93.2 Å². The zero-order chi connectivity index (χ0) is 17.7. The van der Waals surface area contributed by atoms with Crippen molar-refractivity contribution in [2.45, 2.75) is 26.9 Å². The van der Waals surface area contributed by atoms with E-state index >= 15 is 0 Å². The summed E-state index contributed by atoms with van der Waals surface area (Å²) in [6.45, 7) is 4.50. The molecule has 0 unspecified atom stereocenters. The van der Waals surface area contributed by atoms with Gasteiger partial charge in [-0.1, -0.05) is 0 Å². The second-order valence-electron chi connectivity index (χ2n) is 5.57. The third kappa shape index (κ3) is 4.20. The minimum absolute atomic E-state index is 0.122. The van der Waals surface area contributed by atoms with Crippen molar-refractivity contribution in [1.29, 1.82) is 0 Å². The molecule has 2 rings (SSSR count). The molecular weight excluding hydrogens is 310 g/mol. The maximum atomic E-state index is 12.3. The molecule has 0 spiro atoms. The summed E-state index contributed by atoms with van der Waals surface area (Å²) >= 11 is 0. The van der Waals surface area contributed by atoms with Crippen molar-refractivity contribution < 1.29 is 9.53 Å². The fourth-order valence-corrected chi connectivity index (χ4v) is 2.40. The molecule has 2 aromatic heterocycles. The number of hydrogen-bond acceptors (Lipinski definition) is 4. The predicted octanol–water partition coefficient (Wildman–Crippen LogP) is 0.730. The number of H-pyrrole nitrogens is 1. The monoisotopic (exact) mass is 331 g/mol. The fourth-order valence-electron chi connectivity index (χ4n) is 2.40. The molecule has 0 atom stereocenters. The molecule has 7 heteroatoms. The number of rotatable bonds is 6. The van der Waals surface area contributed by atoms with Gasteiger partial charge in [0, 0.05) is 43.7 Å². The Morgan fingerprint density at radius 1 is 1.29 bits per heavy atom. The largest absolute Gasteiger partial charge is 0.383 e. The van der Waals surface area contributed by atoms with Crippen molar-refractivity contribution in [3.05, 3.63) is 67.5 Å². The predicted molar refractivity (Wildman–Crippen MR) is 90.3 cm³/mol. The zero-order valence-corrected chi connectivity index (χ0v) is 14.0. The minimum Gasteiger partial charge on any atom is -0.383 e. The smallest absolute Gasteiger partial charge is 0.253 e. The van der Waals surface area contributed by atoms with Crippen molar-refractivity contribution in [3.8, 4) is 0 Å². The molecule has 0 fully saturated rings. The van der Waals surface area contributed by atoms with E-state index in [0.717, 1.165) is 11.3 Å². The Balaban J connectivity index is 2.13. The van der Waals surface area contributed by atoms with Crippen molar-refractivity contribution in [2.75, 3.05) is 13.7 Å². The summed E-state index contributed by atoms with van der Waals surface area (Å²) in [6, 6.07) is 4.66. The minimum atomic E-state index is -0.347. The number of amides is 1. The van der Waals surface area contributed by atoms with Crippen LogP contribution in [0.2, 0.25) is 0 Å². The molecule has 2 heterocycles. The highest BCUT2D eigenvalue weighted by Crippen LogP contribution is 2.04. The fraction of sp³-hybridized carbons (Fsp3) is 0.353. The number of aromatic nitrogens is 2. The van der Waals surface area contributed by atoms with E-state index in [1.807, 2.05) is 13.0 Å². The standard InChI is InChI=1S/C17H21N3O4/c1-11-8-12(2)19-17(23)14(11)9-18-16(22)13-4-5-15(21)20(10-13)6-7-24-3/h4-5,8,10H,6-7,9H2,1-3H3,(H,18,22)(H,19,23). The van der Waals surface area contributed by atoms with Gasteiger partial charge in [0.1, 0.15) is 0 Å². The van der Waals surface area contributed by atoms with Crippen LogP contribution in [-0.4, -0.2) is 29.2 Å². The summed E-state index contributed by atoms with van der Waals surface area (Å²) in [5.41, 5.74) is 2.06. The van der Waals surface area contributed by atoms with E-state index < -0.39 is 0 Å². The first kappa shape index (κ1) is 17.7. The number of ether oxygens (including phenoxy) is 1. The molecule has 0 aromatic carbocycles. The van der Waals surface area contributed by atoms with Crippen LogP contribution in [0.15, 0.2) is 34.0 Å². The van der Waals surface area contributed by atoms with E-state index in [4.69, 9.17) is 4.74 Å². The van der Waals surface area contributed by atoms with Crippen LogP contribution in [0.3, 0.4) is 0 Å². The van der Waals surface area contributed by atoms with Crippen molar-refractivity contribution in [3.63, 3.8) is 0 Å². The van der Waals surface area contributed by atoms with Gasteiger partial charge in [-0.25, -0.2) is 0 Å². The molecular formula is C17H21N3O4. The summed E-state index contributed by atoms with van der Waals surface area (Å²) in [5, 5.41) is 2.71. The van der Waals surface area contributed by atoms with Crippen LogP contribution in [0, 0.1) is 13.8 Å². The van der Waals surface area contributed by atoms with Crippen LogP contribution >= 0.6 is 0 Å². The first-order valence-corrected chi connectivity index (χ1v) is 7.59. The number of nitrogens with zero attached hydrogens (tertiary/aromatic N) is 1. The zero-order valence-electron chi connectivity index (χ0n) is 14.0. The summed E-state index contributed by atoms with van der Waals surface area (Å²) < 4.78 is 6.36. The highest BCUT2D eigenvalue weighted by atomic mass is 16.5. The third-order valence-electron chi connectivity index (χ3n) is 3.70. The van der Waals surface area contributed by atoms with E-state index in [9.17, 15) is 14.4 Å². The molecule has 2 aromatic rings. The maximum absolute atomic E-state index is 12.3. The SMILES string of the molecule is COCCn1cc(C(=O)NCc2c(C)cc(C)[nH]c2=O)ccc1=O.